The van der Waals surface area contributed by atoms with Crippen molar-refractivity contribution in [3.63, 3.8) is 0 Å². The first-order valence-electron chi connectivity index (χ1n) is 3.72. The van der Waals surface area contributed by atoms with Crippen molar-refractivity contribution in [3.05, 3.63) is 11.5 Å². The van der Waals surface area contributed by atoms with Crippen LogP contribution in [0.5, 0.6) is 0 Å². The van der Waals surface area contributed by atoms with Crippen LogP contribution in [0.25, 0.3) is 0 Å². The molecular formula is C8H12O3. The Morgan fingerprint density at radius 1 is 1.64 bits per heavy atom. The predicted octanol–water partition coefficient (Wildman–Crippen LogP) is 1.24. The maximum absolute atomic E-state index is 11.1. The van der Waals surface area contributed by atoms with Crippen LogP contribution in [0.15, 0.2) is 11.5 Å². The number of ether oxygens (including phenoxy) is 2. The van der Waals surface area contributed by atoms with Crippen LogP contribution >= 0.6 is 0 Å². The first-order chi connectivity index (χ1) is 5.29. The monoisotopic (exact) mass is 156 g/mol. The Balaban J connectivity index is 2.86. The minimum atomic E-state index is 0.0515. The summed E-state index contributed by atoms with van der Waals surface area (Å²) in [6.45, 7) is 2.43. The summed E-state index contributed by atoms with van der Waals surface area (Å²) in [5.74, 6) is 1.14. The SMILES string of the molecule is CCC1=C(OC)C(=O)CCO1. The summed E-state index contributed by atoms with van der Waals surface area (Å²) in [5.41, 5.74) is 0. The second-order valence-corrected chi connectivity index (χ2v) is 2.33. The van der Waals surface area contributed by atoms with Gasteiger partial charge in [0.05, 0.1) is 13.7 Å². The molecule has 0 amide bonds. The van der Waals surface area contributed by atoms with Gasteiger partial charge < -0.3 is 9.47 Å². The fourth-order valence-corrected chi connectivity index (χ4v) is 1.09. The summed E-state index contributed by atoms with van der Waals surface area (Å²) in [7, 11) is 1.50. The van der Waals surface area contributed by atoms with Gasteiger partial charge >= 0.3 is 0 Å². The number of hydrogen-bond donors (Lipinski definition) is 0. The highest BCUT2D eigenvalue weighted by atomic mass is 16.5. The van der Waals surface area contributed by atoms with Crippen molar-refractivity contribution < 1.29 is 14.3 Å². The van der Waals surface area contributed by atoms with E-state index in [0.29, 0.717) is 24.5 Å². The van der Waals surface area contributed by atoms with Crippen molar-refractivity contribution in [1.29, 1.82) is 0 Å². The van der Waals surface area contributed by atoms with E-state index in [4.69, 9.17) is 9.47 Å². The maximum Gasteiger partial charge on any atom is 0.204 e. The van der Waals surface area contributed by atoms with Crippen LogP contribution in [0.4, 0.5) is 0 Å². The zero-order chi connectivity index (χ0) is 8.27. The molecule has 3 heteroatoms. The summed E-state index contributed by atoms with van der Waals surface area (Å²) < 4.78 is 10.1. The van der Waals surface area contributed by atoms with Gasteiger partial charge in [0, 0.05) is 12.8 Å². The summed E-state index contributed by atoms with van der Waals surface area (Å²) in [6, 6.07) is 0. The Morgan fingerprint density at radius 2 is 2.36 bits per heavy atom. The highest BCUT2D eigenvalue weighted by molar-refractivity contribution is 5.94. The van der Waals surface area contributed by atoms with Gasteiger partial charge in [-0.15, -0.1) is 0 Å². The molecule has 0 unspecified atom stereocenters. The van der Waals surface area contributed by atoms with Gasteiger partial charge in [-0.05, 0) is 0 Å². The fourth-order valence-electron chi connectivity index (χ4n) is 1.09. The molecule has 1 rings (SSSR count). The molecule has 0 saturated carbocycles. The molecule has 3 nitrogen and oxygen atoms in total. The van der Waals surface area contributed by atoms with Gasteiger partial charge in [-0.1, -0.05) is 6.92 Å². The number of carbonyl (C=O) groups excluding carboxylic acids is 1. The topological polar surface area (TPSA) is 35.5 Å². The second kappa shape index (κ2) is 3.42. The van der Waals surface area contributed by atoms with Gasteiger partial charge in [-0.2, -0.15) is 0 Å². The molecule has 11 heavy (non-hydrogen) atoms. The summed E-state index contributed by atoms with van der Waals surface area (Å²) in [5, 5.41) is 0. The molecule has 0 saturated heterocycles. The number of hydrogen-bond acceptors (Lipinski definition) is 3. The smallest absolute Gasteiger partial charge is 0.204 e. The first-order valence-corrected chi connectivity index (χ1v) is 3.72. The molecule has 0 aliphatic carbocycles. The quantitative estimate of drug-likeness (QED) is 0.603. The van der Waals surface area contributed by atoms with Crippen LogP contribution in [-0.2, 0) is 14.3 Å². The predicted molar refractivity (Wildman–Crippen MR) is 39.9 cm³/mol. The number of allylic oxidation sites excluding steroid dienone is 2. The van der Waals surface area contributed by atoms with Crippen molar-refractivity contribution in [2.24, 2.45) is 0 Å². The van der Waals surface area contributed by atoms with Gasteiger partial charge in [0.1, 0.15) is 5.76 Å². The molecular weight excluding hydrogens is 144 g/mol. The van der Waals surface area contributed by atoms with Crippen LogP contribution < -0.4 is 0 Å². The molecule has 0 aromatic heterocycles. The maximum atomic E-state index is 11.1. The van der Waals surface area contributed by atoms with Crippen LogP contribution in [-0.4, -0.2) is 19.5 Å². The van der Waals surface area contributed by atoms with E-state index < -0.39 is 0 Å². The summed E-state index contributed by atoms with van der Waals surface area (Å²) in [6.07, 6.45) is 1.15. The van der Waals surface area contributed by atoms with Crippen molar-refractivity contribution in [3.8, 4) is 0 Å². The zero-order valence-electron chi connectivity index (χ0n) is 6.85. The third-order valence-electron chi connectivity index (χ3n) is 1.64. The van der Waals surface area contributed by atoms with Gasteiger partial charge in [0.25, 0.3) is 0 Å². The lowest BCUT2D eigenvalue weighted by atomic mass is 10.1. The summed E-state index contributed by atoms with van der Waals surface area (Å²) >= 11 is 0. The lowest BCUT2D eigenvalue weighted by Gasteiger charge is -2.17. The Bertz CT molecular complexity index is 194. The molecule has 1 aliphatic heterocycles. The number of carbonyl (C=O) groups is 1. The van der Waals surface area contributed by atoms with E-state index in [-0.39, 0.29) is 5.78 Å². The van der Waals surface area contributed by atoms with Crippen molar-refractivity contribution >= 4 is 5.78 Å². The highest BCUT2D eigenvalue weighted by Gasteiger charge is 2.21. The third-order valence-corrected chi connectivity index (χ3v) is 1.64. The minimum Gasteiger partial charge on any atom is -0.493 e. The van der Waals surface area contributed by atoms with Crippen molar-refractivity contribution in [1.82, 2.24) is 0 Å². The lowest BCUT2D eigenvalue weighted by Crippen LogP contribution is -2.17. The first kappa shape index (κ1) is 8.11. The average molecular weight is 156 g/mol. The second-order valence-electron chi connectivity index (χ2n) is 2.33. The van der Waals surface area contributed by atoms with Crippen LogP contribution in [0, 0.1) is 0 Å². The van der Waals surface area contributed by atoms with E-state index in [1.807, 2.05) is 6.92 Å². The zero-order valence-corrected chi connectivity index (χ0v) is 6.85. The molecule has 0 N–H and O–H groups in total. The normalized spacial score (nSPS) is 18.2. The lowest BCUT2D eigenvalue weighted by molar-refractivity contribution is -0.121. The largest absolute Gasteiger partial charge is 0.493 e. The molecule has 0 spiro atoms. The molecule has 0 aromatic carbocycles. The Kier molecular flexibility index (Phi) is 2.52. The molecule has 1 heterocycles. The van der Waals surface area contributed by atoms with Crippen LogP contribution in [0.3, 0.4) is 0 Å². The number of methoxy groups -OCH3 is 1. The van der Waals surface area contributed by atoms with Gasteiger partial charge in [-0.25, -0.2) is 0 Å². The Labute approximate surface area is 66.0 Å². The van der Waals surface area contributed by atoms with E-state index in [2.05, 4.69) is 0 Å². The number of ketones is 1. The van der Waals surface area contributed by atoms with E-state index in [9.17, 15) is 4.79 Å². The fraction of sp³-hybridized carbons (Fsp3) is 0.625. The van der Waals surface area contributed by atoms with E-state index >= 15 is 0 Å². The number of rotatable bonds is 2. The summed E-state index contributed by atoms with van der Waals surface area (Å²) in [4.78, 5) is 11.1. The van der Waals surface area contributed by atoms with E-state index in [0.717, 1.165) is 6.42 Å². The average Bonchev–Trinajstić information content (AvgIpc) is 2.04. The third kappa shape index (κ3) is 1.53. The molecule has 0 atom stereocenters. The number of Topliss-reactive ketones (excluding diaryl/α,β-unsaturated/α-hetero) is 1. The standard InChI is InChI=1S/C8H12O3/c1-3-7-8(10-2)6(9)4-5-11-7/h3-5H2,1-2H3. The molecule has 0 fully saturated rings. The van der Waals surface area contributed by atoms with E-state index in [1.165, 1.54) is 7.11 Å². The highest BCUT2D eigenvalue weighted by Crippen LogP contribution is 2.18. The van der Waals surface area contributed by atoms with Gasteiger partial charge in [-0.3, -0.25) is 4.79 Å². The van der Waals surface area contributed by atoms with Crippen LogP contribution in [0.2, 0.25) is 0 Å². The van der Waals surface area contributed by atoms with Crippen molar-refractivity contribution in [2.45, 2.75) is 19.8 Å². The molecule has 0 aromatic rings. The van der Waals surface area contributed by atoms with E-state index in [1.54, 1.807) is 0 Å². The van der Waals surface area contributed by atoms with Gasteiger partial charge in [0.15, 0.2) is 5.76 Å². The molecule has 62 valence electrons. The van der Waals surface area contributed by atoms with Gasteiger partial charge in [0.2, 0.25) is 5.78 Å². The Hall–Kier alpha value is -0.990. The minimum absolute atomic E-state index is 0.0515. The van der Waals surface area contributed by atoms with Crippen molar-refractivity contribution in [2.75, 3.05) is 13.7 Å². The Morgan fingerprint density at radius 3 is 2.82 bits per heavy atom. The molecule has 0 bridgehead atoms. The van der Waals surface area contributed by atoms with Crippen LogP contribution in [0.1, 0.15) is 19.8 Å². The molecule has 1 aliphatic rings. The molecule has 0 radical (unpaired) electrons.